The molecule has 2 rings (SSSR count). The van der Waals surface area contributed by atoms with Gasteiger partial charge < -0.3 is 9.47 Å². The van der Waals surface area contributed by atoms with Gasteiger partial charge in [-0.3, -0.25) is 0 Å². The van der Waals surface area contributed by atoms with Crippen molar-refractivity contribution < 1.29 is 18.3 Å². The van der Waals surface area contributed by atoms with Crippen LogP contribution in [0.1, 0.15) is 31.6 Å². The minimum Gasteiger partial charge on any atom is -0.348 e. The van der Waals surface area contributed by atoms with Crippen LogP contribution in [0.4, 0.5) is 8.78 Å². The highest BCUT2D eigenvalue weighted by Gasteiger charge is 2.24. The Hall–Kier alpha value is -0.520. The van der Waals surface area contributed by atoms with E-state index >= 15 is 0 Å². The molecule has 1 aliphatic rings. The molecule has 0 bridgehead atoms. The van der Waals surface area contributed by atoms with E-state index in [9.17, 15) is 8.78 Å². The van der Waals surface area contributed by atoms with Gasteiger partial charge >= 0.3 is 0 Å². The molecule has 0 N–H and O–H groups in total. The number of hydrogen-bond acceptors (Lipinski definition) is 2. The molecule has 1 fully saturated rings. The Morgan fingerprint density at radius 2 is 1.78 bits per heavy atom. The quantitative estimate of drug-likeness (QED) is 0.777. The maximum atomic E-state index is 13.4. The van der Waals surface area contributed by atoms with Gasteiger partial charge in [-0.25, -0.2) is 8.78 Å². The topological polar surface area (TPSA) is 18.5 Å². The van der Waals surface area contributed by atoms with E-state index in [1.54, 1.807) is 0 Å². The second-order valence-corrected chi connectivity index (χ2v) is 5.24. The van der Waals surface area contributed by atoms with Crippen molar-refractivity contribution in [1.29, 1.82) is 0 Å². The molecule has 1 aromatic rings. The van der Waals surface area contributed by atoms with Crippen LogP contribution in [0.25, 0.3) is 0 Å². The van der Waals surface area contributed by atoms with Crippen molar-refractivity contribution in [2.75, 3.05) is 13.2 Å². The highest BCUT2D eigenvalue weighted by atomic mass is 79.9. The molecule has 1 saturated heterocycles. The van der Waals surface area contributed by atoms with Crippen LogP contribution in [-0.2, 0) is 9.47 Å². The summed E-state index contributed by atoms with van der Waals surface area (Å²) in [5, 5.41) is 0. The number of benzene rings is 1. The minimum atomic E-state index is -0.671. The van der Waals surface area contributed by atoms with Gasteiger partial charge in [0.1, 0.15) is 11.6 Å². The average molecular weight is 321 g/mol. The van der Waals surface area contributed by atoms with Gasteiger partial charge in [0, 0.05) is 11.5 Å². The number of rotatable bonds is 3. The molecule has 0 amide bonds. The summed E-state index contributed by atoms with van der Waals surface area (Å²) in [4.78, 5) is 0. The molecule has 18 heavy (non-hydrogen) atoms. The van der Waals surface area contributed by atoms with E-state index in [-0.39, 0.29) is 4.47 Å². The normalized spacial score (nSPS) is 24.2. The summed E-state index contributed by atoms with van der Waals surface area (Å²) >= 11 is 2.84. The molecule has 5 heteroatoms. The summed E-state index contributed by atoms with van der Waals surface area (Å²) in [5.41, 5.74) is 0.378. The van der Waals surface area contributed by atoms with Crippen molar-refractivity contribution >= 4 is 15.9 Å². The molecule has 2 nitrogen and oxygen atoms in total. The summed E-state index contributed by atoms with van der Waals surface area (Å²) in [7, 11) is 0. The predicted octanol–water partition coefficient (Wildman–Crippen LogP) is 4.19. The summed E-state index contributed by atoms with van der Waals surface area (Å²) in [6.07, 6.45) is 1.44. The van der Waals surface area contributed by atoms with Gasteiger partial charge in [-0.2, -0.15) is 0 Å². The first-order valence-corrected chi connectivity index (χ1v) is 6.78. The van der Waals surface area contributed by atoms with Crippen LogP contribution >= 0.6 is 15.9 Å². The summed E-state index contributed by atoms with van der Waals surface area (Å²) in [6, 6.07) is 2.47. The van der Waals surface area contributed by atoms with Gasteiger partial charge in [0.25, 0.3) is 0 Å². The maximum Gasteiger partial charge on any atom is 0.184 e. The van der Waals surface area contributed by atoms with Crippen LogP contribution < -0.4 is 0 Å². The molecule has 0 radical (unpaired) electrons. The van der Waals surface area contributed by atoms with E-state index in [0.29, 0.717) is 24.7 Å². The van der Waals surface area contributed by atoms with E-state index in [1.165, 1.54) is 12.1 Å². The number of hydrogen-bond donors (Lipinski definition) is 0. The van der Waals surface area contributed by atoms with E-state index in [1.807, 2.05) is 0 Å². The molecule has 0 aromatic heterocycles. The summed E-state index contributed by atoms with van der Waals surface area (Å²) in [6.45, 7) is 3.24. The van der Waals surface area contributed by atoms with E-state index in [0.717, 1.165) is 12.8 Å². The van der Waals surface area contributed by atoms with Crippen LogP contribution in [0.5, 0.6) is 0 Å². The van der Waals surface area contributed by atoms with Crippen LogP contribution in [0.2, 0.25) is 0 Å². The Bertz CT molecular complexity index is 394. The van der Waals surface area contributed by atoms with Crippen molar-refractivity contribution in [2.45, 2.75) is 26.1 Å². The first kappa shape index (κ1) is 13.9. The third kappa shape index (κ3) is 3.08. The zero-order valence-corrected chi connectivity index (χ0v) is 11.7. The molecular formula is C13H15BrF2O2. The van der Waals surface area contributed by atoms with Crippen molar-refractivity contribution in [1.82, 2.24) is 0 Å². The fraction of sp³-hybridized carbons (Fsp3) is 0.538. The van der Waals surface area contributed by atoms with Crippen molar-refractivity contribution in [2.24, 2.45) is 5.92 Å². The SMILES string of the molecule is CCC[C@H]1CO[C@H](c2cc(F)c(Br)c(F)c2)OC1. The fourth-order valence-corrected chi connectivity index (χ4v) is 2.25. The molecule has 0 unspecified atom stereocenters. The molecule has 1 heterocycles. The third-order valence-electron chi connectivity index (χ3n) is 2.94. The van der Waals surface area contributed by atoms with Gasteiger partial charge in [-0.15, -0.1) is 0 Å². The molecule has 1 aromatic carbocycles. The second-order valence-electron chi connectivity index (χ2n) is 4.45. The molecule has 0 spiro atoms. The van der Waals surface area contributed by atoms with Crippen LogP contribution in [0.3, 0.4) is 0 Å². The molecule has 0 atom stereocenters. The van der Waals surface area contributed by atoms with E-state index < -0.39 is 17.9 Å². The molecule has 1 aliphatic heterocycles. The highest BCUT2D eigenvalue weighted by molar-refractivity contribution is 9.10. The lowest BCUT2D eigenvalue weighted by molar-refractivity contribution is -0.206. The van der Waals surface area contributed by atoms with Crippen molar-refractivity contribution in [3.05, 3.63) is 33.8 Å². The zero-order valence-electron chi connectivity index (χ0n) is 10.1. The average Bonchev–Trinajstić information content (AvgIpc) is 2.37. The predicted molar refractivity (Wildman–Crippen MR) is 67.1 cm³/mol. The molecule has 100 valence electrons. The largest absolute Gasteiger partial charge is 0.348 e. The Kier molecular flexibility index (Phi) is 4.70. The number of halogens is 3. The first-order valence-electron chi connectivity index (χ1n) is 5.99. The van der Waals surface area contributed by atoms with Crippen LogP contribution in [-0.4, -0.2) is 13.2 Å². The standard InChI is InChI=1S/C13H15BrF2O2/c1-2-3-8-6-17-13(18-7-8)9-4-10(15)12(14)11(16)5-9/h4-5,8,13H,2-3,6-7H2,1H3/t8-,13-. The highest BCUT2D eigenvalue weighted by Crippen LogP contribution is 2.30. The van der Waals surface area contributed by atoms with Crippen LogP contribution in [0, 0.1) is 17.6 Å². The van der Waals surface area contributed by atoms with Gasteiger partial charge in [0.15, 0.2) is 6.29 Å². The van der Waals surface area contributed by atoms with Gasteiger partial charge in [0.05, 0.1) is 17.7 Å². The second kappa shape index (κ2) is 6.08. The number of ether oxygens (including phenoxy) is 2. The molecule has 0 saturated carbocycles. The Morgan fingerprint density at radius 1 is 1.22 bits per heavy atom. The lowest BCUT2D eigenvalue weighted by atomic mass is 10.1. The van der Waals surface area contributed by atoms with E-state index in [2.05, 4.69) is 22.9 Å². The minimum absolute atomic E-state index is 0.161. The fourth-order valence-electron chi connectivity index (χ4n) is 2.02. The van der Waals surface area contributed by atoms with Crippen molar-refractivity contribution in [3.8, 4) is 0 Å². The lowest BCUT2D eigenvalue weighted by Gasteiger charge is -2.29. The summed E-state index contributed by atoms with van der Waals surface area (Å²) in [5.74, 6) is -0.919. The van der Waals surface area contributed by atoms with Crippen molar-refractivity contribution in [3.63, 3.8) is 0 Å². The maximum absolute atomic E-state index is 13.4. The van der Waals surface area contributed by atoms with Gasteiger partial charge in [-0.1, -0.05) is 13.3 Å². The third-order valence-corrected chi connectivity index (χ3v) is 3.70. The Morgan fingerprint density at radius 3 is 2.28 bits per heavy atom. The smallest absolute Gasteiger partial charge is 0.184 e. The molecule has 0 aliphatic carbocycles. The van der Waals surface area contributed by atoms with Gasteiger partial charge in [-0.05, 0) is 34.5 Å². The first-order chi connectivity index (χ1) is 8.61. The Balaban J connectivity index is 2.05. The van der Waals surface area contributed by atoms with Crippen LogP contribution in [0.15, 0.2) is 16.6 Å². The monoisotopic (exact) mass is 320 g/mol. The molecular weight excluding hydrogens is 306 g/mol. The van der Waals surface area contributed by atoms with E-state index in [4.69, 9.17) is 9.47 Å². The van der Waals surface area contributed by atoms with Gasteiger partial charge in [0.2, 0.25) is 0 Å². The lowest BCUT2D eigenvalue weighted by Crippen LogP contribution is -2.27. The summed E-state index contributed by atoms with van der Waals surface area (Å²) < 4.78 is 37.6. The Labute approximate surface area is 113 Å². The zero-order chi connectivity index (χ0) is 13.1.